The molecule has 1 aromatic carbocycles. The molecule has 102 valence electrons. The number of carboxylic acids is 1. The summed E-state index contributed by atoms with van der Waals surface area (Å²) in [4.78, 5) is 22.6. The minimum absolute atomic E-state index is 0.164. The van der Waals surface area contributed by atoms with Crippen LogP contribution in [-0.2, 0) is 9.59 Å². The summed E-state index contributed by atoms with van der Waals surface area (Å²) >= 11 is 3.32. The number of halogens is 1. The second kappa shape index (κ2) is 7.09. The Morgan fingerprint density at radius 3 is 2.32 bits per heavy atom. The lowest BCUT2D eigenvalue weighted by Gasteiger charge is -2.16. The zero-order valence-corrected chi connectivity index (χ0v) is 12.3. The molecule has 0 aliphatic heterocycles. The molecule has 0 aliphatic carbocycles. The minimum Gasteiger partial charge on any atom is -0.480 e. The van der Waals surface area contributed by atoms with Gasteiger partial charge in [0.2, 0.25) is 5.91 Å². The molecular weight excluding hydrogens is 310 g/mol. The number of carbonyl (C=O) groups is 2. The van der Waals surface area contributed by atoms with Crippen molar-refractivity contribution in [3.63, 3.8) is 0 Å². The Hall–Kier alpha value is -1.62. The predicted octanol–water partition coefficient (Wildman–Crippen LogP) is 2.69. The van der Waals surface area contributed by atoms with Crippen molar-refractivity contribution in [2.75, 3.05) is 0 Å². The maximum Gasteiger partial charge on any atom is 0.326 e. The van der Waals surface area contributed by atoms with E-state index in [0.717, 1.165) is 10.0 Å². The summed E-state index contributed by atoms with van der Waals surface area (Å²) in [6, 6.07) is 6.56. The molecule has 0 aliphatic rings. The van der Waals surface area contributed by atoms with Crippen molar-refractivity contribution in [1.29, 1.82) is 0 Å². The fourth-order valence-corrected chi connectivity index (χ4v) is 1.73. The quantitative estimate of drug-likeness (QED) is 0.818. The number of nitrogens with one attached hydrogen (secondary N) is 1. The summed E-state index contributed by atoms with van der Waals surface area (Å²) in [5.74, 6) is -1.60. The van der Waals surface area contributed by atoms with Crippen LogP contribution in [0, 0.1) is 5.92 Å². The van der Waals surface area contributed by atoms with Crippen molar-refractivity contribution >= 4 is 33.9 Å². The Labute approximate surface area is 120 Å². The first-order valence-corrected chi connectivity index (χ1v) is 6.66. The molecule has 1 atom stereocenters. The molecule has 1 amide bonds. The Morgan fingerprint density at radius 1 is 1.26 bits per heavy atom. The summed E-state index contributed by atoms with van der Waals surface area (Å²) < 4.78 is 0.958. The van der Waals surface area contributed by atoms with Crippen LogP contribution in [0.4, 0.5) is 0 Å². The van der Waals surface area contributed by atoms with E-state index in [4.69, 9.17) is 5.11 Å². The van der Waals surface area contributed by atoms with Gasteiger partial charge in [-0.05, 0) is 29.7 Å². The van der Waals surface area contributed by atoms with E-state index in [1.165, 1.54) is 6.08 Å². The maximum atomic E-state index is 11.6. The summed E-state index contributed by atoms with van der Waals surface area (Å²) in [5, 5.41) is 11.4. The lowest BCUT2D eigenvalue weighted by atomic mass is 10.0. The van der Waals surface area contributed by atoms with Crippen molar-refractivity contribution in [3.8, 4) is 0 Å². The average molecular weight is 326 g/mol. The van der Waals surface area contributed by atoms with E-state index in [2.05, 4.69) is 21.2 Å². The number of rotatable bonds is 5. The highest BCUT2D eigenvalue weighted by atomic mass is 79.9. The third-order valence-corrected chi connectivity index (χ3v) is 3.06. The first-order valence-electron chi connectivity index (χ1n) is 5.87. The van der Waals surface area contributed by atoms with Crippen molar-refractivity contribution in [1.82, 2.24) is 5.32 Å². The largest absolute Gasteiger partial charge is 0.480 e. The zero-order chi connectivity index (χ0) is 14.4. The first-order chi connectivity index (χ1) is 8.90. The highest BCUT2D eigenvalue weighted by molar-refractivity contribution is 9.10. The van der Waals surface area contributed by atoms with E-state index in [-0.39, 0.29) is 5.92 Å². The van der Waals surface area contributed by atoms with E-state index in [1.54, 1.807) is 19.9 Å². The zero-order valence-electron chi connectivity index (χ0n) is 10.8. The Morgan fingerprint density at radius 2 is 1.84 bits per heavy atom. The fourth-order valence-electron chi connectivity index (χ4n) is 1.46. The van der Waals surface area contributed by atoms with Crippen LogP contribution in [0.25, 0.3) is 6.08 Å². The van der Waals surface area contributed by atoms with Gasteiger partial charge in [0.1, 0.15) is 6.04 Å². The van der Waals surface area contributed by atoms with E-state index < -0.39 is 17.9 Å². The number of hydrogen-bond acceptors (Lipinski definition) is 2. The molecule has 1 rings (SSSR count). The monoisotopic (exact) mass is 325 g/mol. The molecule has 0 spiro atoms. The highest BCUT2D eigenvalue weighted by Gasteiger charge is 2.22. The molecule has 5 heteroatoms. The van der Waals surface area contributed by atoms with Crippen LogP contribution in [-0.4, -0.2) is 23.0 Å². The number of aliphatic carboxylic acids is 1. The Kier molecular flexibility index (Phi) is 5.76. The van der Waals surface area contributed by atoms with E-state index in [1.807, 2.05) is 24.3 Å². The molecule has 0 saturated heterocycles. The number of amides is 1. The molecular formula is C14H16BrNO3. The molecule has 2 N–H and O–H groups in total. The van der Waals surface area contributed by atoms with Gasteiger partial charge in [0, 0.05) is 10.5 Å². The third kappa shape index (κ3) is 5.26. The summed E-state index contributed by atoms with van der Waals surface area (Å²) in [7, 11) is 0. The lowest BCUT2D eigenvalue weighted by molar-refractivity contribution is -0.142. The van der Waals surface area contributed by atoms with Crippen molar-refractivity contribution in [2.45, 2.75) is 19.9 Å². The Bertz CT molecular complexity index is 480. The highest BCUT2D eigenvalue weighted by Crippen LogP contribution is 2.11. The van der Waals surface area contributed by atoms with E-state index in [9.17, 15) is 9.59 Å². The van der Waals surface area contributed by atoms with Gasteiger partial charge in [0.15, 0.2) is 0 Å². The van der Waals surface area contributed by atoms with E-state index in [0.29, 0.717) is 0 Å². The second-order valence-corrected chi connectivity index (χ2v) is 5.37. The van der Waals surface area contributed by atoms with Gasteiger partial charge in [-0.25, -0.2) is 4.79 Å². The van der Waals surface area contributed by atoms with Gasteiger partial charge in [0.25, 0.3) is 0 Å². The summed E-state index contributed by atoms with van der Waals surface area (Å²) in [5.41, 5.74) is 0.870. The van der Waals surface area contributed by atoms with Gasteiger partial charge in [0.05, 0.1) is 0 Å². The van der Waals surface area contributed by atoms with E-state index >= 15 is 0 Å². The van der Waals surface area contributed by atoms with Gasteiger partial charge in [-0.15, -0.1) is 0 Å². The maximum absolute atomic E-state index is 11.6. The summed E-state index contributed by atoms with van der Waals surface area (Å²) in [6.07, 6.45) is 2.97. The number of benzene rings is 1. The topological polar surface area (TPSA) is 66.4 Å². The number of carboxylic acid groups (broad SMARTS) is 1. The molecule has 19 heavy (non-hydrogen) atoms. The van der Waals surface area contributed by atoms with Crippen LogP contribution < -0.4 is 5.32 Å². The molecule has 0 bridgehead atoms. The van der Waals surface area contributed by atoms with Crippen LogP contribution in [0.1, 0.15) is 19.4 Å². The minimum atomic E-state index is -1.03. The molecule has 0 heterocycles. The smallest absolute Gasteiger partial charge is 0.326 e. The van der Waals surface area contributed by atoms with Crippen molar-refractivity contribution in [3.05, 3.63) is 40.4 Å². The van der Waals surface area contributed by atoms with Gasteiger partial charge in [-0.1, -0.05) is 41.9 Å². The molecule has 4 nitrogen and oxygen atoms in total. The molecule has 0 fully saturated rings. The fraction of sp³-hybridized carbons (Fsp3) is 0.286. The van der Waals surface area contributed by atoms with Gasteiger partial charge in [-0.3, -0.25) is 4.79 Å². The summed E-state index contributed by atoms with van der Waals surface area (Å²) in [6.45, 7) is 3.50. The molecule has 0 unspecified atom stereocenters. The molecule has 0 radical (unpaired) electrons. The van der Waals surface area contributed by atoms with Crippen molar-refractivity contribution in [2.24, 2.45) is 5.92 Å². The van der Waals surface area contributed by atoms with Crippen LogP contribution in [0.3, 0.4) is 0 Å². The third-order valence-electron chi connectivity index (χ3n) is 2.53. The normalized spacial score (nSPS) is 12.6. The standard InChI is InChI=1S/C14H16BrNO3/c1-9(2)13(14(18)19)16-12(17)8-5-10-3-6-11(15)7-4-10/h3-9,13H,1-2H3,(H,16,17)(H,18,19)/b8-5+/t13-/m0/s1. The molecule has 0 saturated carbocycles. The van der Waals surface area contributed by atoms with Gasteiger partial charge >= 0.3 is 5.97 Å². The Balaban J connectivity index is 2.64. The lowest BCUT2D eigenvalue weighted by Crippen LogP contribution is -2.43. The number of hydrogen-bond donors (Lipinski definition) is 2. The van der Waals surface area contributed by atoms with Gasteiger partial charge < -0.3 is 10.4 Å². The van der Waals surface area contributed by atoms with Crippen LogP contribution in [0.5, 0.6) is 0 Å². The molecule has 1 aromatic rings. The van der Waals surface area contributed by atoms with Crippen LogP contribution in [0.15, 0.2) is 34.8 Å². The van der Waals surface area contributed by atoms with Crippen LogP contribution >= 0.6 is 15.9 Å². The molecule has 0 aromatic heterocycles. The average Bonchev–Trinajstić information content (AvgIpc) is 2.34. The first kappa shape index (κ1) is 15.4. The van der Waals surface area contributed by atoms with Crippen LogP contribution in [0.2, 0.25) is 0 Å². The SMILES string of the molecule is CC(C)[C@H](NC(=O)/C=C/c1ccc(Br)cc1)C(=O)O. The second-order valence-electron chi connectivity index (χ2n) is 4.45. The number of carbonyl (C=O) groups excluding carboxylic acids is 1. The van der Waals surface area contributed by atoms with Gasteiger partial charge in [-0.2, -0.15) is 0 Å². The predicted molar refractivity (Wildman–Crippen MR) is 77.6 cm³/mol. The van der Waals surface area contributed by atoms with Crippen molar-refractivity contribution < 1.29 is 14.7 Å².